The average molecular weight is 359 g/mol. The summed E-state index contributed by atoms with van der Waals surface area (Å²) in [5.74, 6) is 0.587. The standard InChI is InChI=1S/C15H23BrN2O3/c1-4-10(3)18-8-11-6-12(16)15(21-9-14(17)19)13(7-11)20-5-2/h6-7,10,18H,4-5,8-9H2,1-3H3,(H2,17,19)/t10-/m1/s1. The molecule has 0 bridgehead atoms. The maximum absolute atomic E-state index is 10.9. The molecule has 1 rings (SSSR count). The van der Waals surface area contributed by atoms with Crippen LogP contribution in [0.15, 0.2) is 16.6 Å². The van der Waals surface area contributed by atoms with Crippen LogP contribution in [-0.2, 0) is 11.3 Å². The molecule has 0 aromatic heterocycles. The molecule has 21 heavy (non-hydrogen) atoms. The van der Waals surface area contributed by atoms with Crippen LogP contribution in [-0.4, -0.2) is 25.2 Å². The van der Waals surface area contributed by atoms with Crippen LogP contribution in [0, 0.1) is 0 Å². The van der Waals surface area contributed by atoms with Gasteiger partial charge in [-0.2, -0.15) is 0 Å². The Morgan fingerprint density at radius 1 is 1.38 bits per heavy atom. The van der Waals surface area contributed by atoms with Crippen LogP contribution in [0.1, 0.15) is 32.8 Å². The largest absolute Gasteiger partial charge is 0.490 e. The molecule has 1 amide bonds. The van der Waals surface area contributed by atoms with E-state index >= 15 is 0 Å². The molecule has 0 heterocycles. The Bertz CT molecular complexity index is 480. The molecule has 0 saturated heterocycles. The molecule has 0 aliphatic rings. The molecule has 5 nitrogen and oxygen atoms in total. The molecule has 6 heteroatoms. The summed E-state index contributed by atoms with van der Waals surface area (Å²) in [6, 6.07) is 4.32. The van der Waals surface area contributed by atoms with E-state index in [1.807, 2.05) is 19.1 Å². The van der Waals surface area contributed by atoms with Crippen molar-refractivity contribution in [2.45, 2.75) is 39.8 Å². The lowest BCUT2D eigenvalue weighted by Gasteiger charge is -2.16. The number of halogens is 1. The van der Waals surface area contributed by atoms with E-state index in [9.17, 15) is 4.79 Å². The number of nitrogens with one attached hydrogen (secondary N) is 1. The minimum atomic E-state index is -0.521. The van der Waals surface area contributed by atoms with Crippen LogP contribution in [0.5, 0.6) is 11.5 Å². The van der Waals surface area contributed by atoms with Crippen LogP contribution in [0.3, 0.4) is 0 Å². The topological polar surface area (TPSA) is 73.6 Å². The van der Waals surface area contributed by atoms with E-state index in [0.29, 0.717) is 24.1 Å². The van der Waals surface area contributed by atoms with E-state index in [4.69, 9.17) is 15.2 Å². The molecular weight excluding hydrogens is 336 g/mol. The maximum atomic E-state index is 10.9. The molecule has 1 aromatic carbocycles. The highest BCUT2D eigenvalue weighted by molar-refractivity contribution is 9.10. The van der Waals surface area contributed by atoms with Gasteiger partial charge in [0, 0.05) is 12.6 Å². The van der Waals surface area contributed by atoms with Gasteiger partial charge in [0.2, 0.25) is 0 Å². The van der Waals surface area contributed by atoms with Crippen molar-refractivity contribution in [2.75, 3.05) is 13.2 Å². The number of hydrogen-bond donors (Lipinski definition) is 2. The van der Waals surface area contributed by atoms with E-state index in [2.05, 4.69) is 35.1 Å². The maximum Gasteiger partial charge on any atom is 0.255 e. The van der Waals surface area contributed by atoms with E-state index in [0.717, 1.165) is 23.0 Å². The highest BCUT2D eigenvalue weighted by Gasteiger charge is 2.13. The van der Waals surface area contributed by atoms with Gasteiger partial charge in [-0.05, 0) is 53.9 Å². The third-order valence-corrected chi connectivity index (χ3v) is 3.58. The lowest BCUT2D eigenvalue weighted by Crippen LogP contribution is -2.24. The lowest BCUT2D eigenvalue weighted by molar-refractivity contribution is -0.119. The molecular formula is C15H23BrN2O3. The highest BCUT2D eigenvalue weighted by atomic mass is 79.9. The summed E-state index contributed by atoms with van der Waals surface area (Å²) in [7, 11) is 0. The van der Waals surface area contributed by atoms with E-state index in [1.165, 1.54) is 0 Å². The van der Waals surface area contributed by atoms with Crippen LogP contribution in [0.2, 0.25) is 0 Å². The minimum Gasteiger partial charge on any atom is -0.490 e. The lowest BCUT2D eigenvalue weighted by atomic mass is 10.1. The third-order valence-electron chi connectivity index (χ3n) is 2.99. The third kappa shape index (κ3) is 5.93. The van der Waals surface area contributed by atoms with Crippen LogP contribution in [0.4, 0.5) is 0 Å². The quantitative estimate of drug-likeness (QED) is 0.711. The van der Waals surface area contributed by atoms with Gasteiger partial charge in [-0.3, -0.25) is 4.79 Å². The molecule has 1 atom stereocenters. The highest BCUT2D eigenvalue weighted by Crippen LogP contribution is 2.37. The number of primary amides is 1. The van der Waals surface area contributed by atoms with Crippen molar-refractivity contribution in [3.8, 4) is 11.5 Å². The Balaban J connectivity index is 2.91. The first-order valence-electron chi connectivity index (χ1n) is 7.07. The van der Waals surface area contributed by atoms with Crippen molar-refractivity contribution in [2.24, 2.45) is 5.73 Å². The fourth-order valence-corrected chi connectivity index (χ4v) is 2.31. The van der Waals surface area contributed by atoms with E-state index < -0.39 is 5.91 Å². The molecule has 0 fully saturated rings. The molecule has 118 valence electrons. The van der Waals surface area contributed by atoms with Gasteiger partial charge in [0.25, 0.3) is 5.91 Å². The van der Waals surface area contributed by atoms with Gasteiger partial charge in [-0.25, -0.2) is 0 Å². The summed E-state index contributed by atoms with van der Waals surface area (Å²) in [5.41, 5.74) is 6.19. The fraction of sp³-hybridized carbons (Fsp3) is 0.533. The Morgan fingerprint density at radius 2 is 2.10 bits per heavy atom. The predicted octanol–water partition coefficient (Wildman–Crippen LogP) is 2.60. The van der Waals surface area contributed by atoms with Crippen molar-refractivity contribution < 1.29 is 14.3 Å². The van der Waals surface area contributed by atoms with Crippen molar-refractivity contribution in [3.05, 3.63) is 22.2 Å². The van der Waals surface area contributed by atoms with Crippen LogP contribution in [0.25, 0.3) is 0 Å². The smallest absolute Gasteiger partial charge is 0.255 e. The van der Waals surface area contributed by atoms with Gasteiger partial charge in [-0.15, -0.1) is 0 Å². The SMILES string of the molecule is CCOc1cc(CN[C@H](C)CC)cc(Br)c1OCC(N)=O. The molecule has 0 unspecified atom stereocenters. The number of carbonyl (C=O) groups is 1. The monoisotopic (exact) mass is 358 g/mol. The molecule has 0 radical (unpaired) electrons. The van der Waals surface area contributed by atoms with Gasteiger partial charge in [0.15, 0.2) is 18.1 Å². The average Bonchev–Trinajstić information content (AvgIpc) is 2.43. The summed E-state index contributed by atoms with van der Waals surface area (Å²) < 4.78 is 11.8. The summed E-state index contributed by atoms with van der Waals surface area (Å²) >= 11 is 3.46. The van der Waals surface area contributed by atoms with Crippen molar-refractivity contribution >= 4 is 21.8 Å². The summed E-state index contributed by atoms with van der Waals surface area (Å²) in [6.07, 6.45) is 1.07. The normalized spacial score (nSPS) is 12.0. The Hall–Kier alpha value is -1.27. The second kappa shape index (κ2) is 8.89. The molecule has 1 aromatic rings. The zero-order valence-corrected chi connectivity index (χ0v) is 14.3. The predicted molar refractivity (Wildman–Crippen MR) is 86.6 cm³/mol. The van der Waals surface area contributed by atoms with Crippen molar-refractivity contribution in [1.82, 2.24) is 5.32 Å². The molecule has 0 saturated carbocycles. The second-order valence-corrected chi connectivity index (χ2v) is 5.64. The summed E-state index contributed by atoms with van der Waals surface area (Å²) in [6.45, 7) is 7.26. The van der Waals surface area contributed by atoms with Gasteiger partial charge >= 0.3 is 0 Å². The first-order valence-corrected chi connectivity index (χ1v) is 7.86. The number of ether oxygens (including phenoxy) is 2. The Labute approximate surface area is 134 Å². The minimum absolute atomic E-state index is 0.177. The van der Waals surface area contributed by atoms with Crippen LogP contribution >= 0.6 is 15.9 Å². The zero-order chi connectivity index (χ0) is 15.8. The zero-order valence-electron chi connectivity index (χ0n) is 12.7. The first-order chi connectivity index (χ1) is 9.97. The summed E-state index contributed by atoms with van der Waals surface area (Å²) in [4.78, 5) is 10.9. The number of amides is 1. The number of benzene rings is 1. The number of nitrogens with two attached hydrogens (primary N) is 1. The number of rotatable bonds is 9. The van der Waals surface area contributed by atoms with Crippen molar-refractivity contribution in [3.63, 3.8) is 0 Å². The fourth-order valence-electron chi connectivity index (χ4n) is 1.71. The molecule has 0 spiro atoms. The Morgan fingerprint density at radius 3 is 2.67 bits per heavy atom. The van der Waals surface area contributed by atoms with Gasteiger partial charge in [0.1, 0.15) is 0 Å². The van der Waals surface area contributed by atoms with Gasteiger partial charge in [-0.1, -0.05) is 6.92 Å². The summed E-state index contributed by atoms with van der Waals surface area (Å²) in [5, 5.41) is 3.42. The van der Waals surface area contributed by atoms with Gasteiger partial charge < -0.3 is 20.5 Å². The second-order valence-electron chi connectivity index (χ2n) is 4.78. The number of hydrogen-bond acceptors (Lipinski definition) is 4. The van der Waals surface area contributed by atoms with E-state index in [-0.39, 0.29) is 6.61 Å². The number of carbonyl (C=O) groups excluding carboxylic acids is 1. The van der Waals surface area contributed by atoms with Gasteiger partial charge in [0.05, 0.1) is 11.1 Å². The molecule has 0 aliphatic carbocycles. The van der Waals surface area contributed by atoms with Crippen molar-refractivity contribution in [1.29, 1.82) is 0 Å². The molecule has 3 N–H and O–H groups in total. The Kier molecular flexibility index (Phi) is 7.53. The van der Waals surface area contributed by atoms with Crippen LogP contribution < -0.4 is 20.5 Å². The first kappa shape index (κ1) is 17.8. The van der Waals surface area contributed by atoms with E-state index in [1.54, 1.807) is 0 Å². The molecule has 0 aliphatic heterocycles.